The Morgan fingerprint density at radius 1 is 1.53 bits per heavy atom. The van der Waals surface area contributed by atoms with E-state index in [9.17, 15) is 4.79 Å². The van der Waals surface area contributed by atoms with E-state index in [1.807, 2.05) is 25.1 Å². The normalized spacial score (nSPS) is 19.3. The van der Waals surface area contributed by atoms with Crippen LogP contribution in [0.4, 0.5) is 5.69 Å². The predicted octanol–water partition coefficient (Wildman–Crippen LogP) is 2.52. The molecule has 0 saturated heterocycles. The predicted molar refractivity (Wildman–Crippen MR) is 61.6 cm³/mol. The van der Waals surface area contributed by atoms with Crippen molar-refractivity contribution < 1.29 is 9.53 Å². The van der Waals surface area contributed by atoms with Gasteiger partial charge in [-0.2, -0.15) is 0 Å². The zero-order valence-electron chi connectivity index (χ0n) is 8.74. The van der Waals surface area contributed by atoms with Crippen LogP contribution in [0.3, 0.4) is 0 Å². The molecule has 1 heterocycles. The summed E-state index contributed by atoms with van der Waals surface area (Å²) in [7, 11) is 1.64. The van der Waals surface area contributed by atoms with Crippen LogP contribution in [0.5, 0.6) is 5.75 Å². The van der Waals surface area contributed by atoms with E-state index in [0.29, 0.717) is 0 Å². The number of benzene rings is 1. The molecule has 0 saturated carbocycles. The fourth-order valence-corrected chi connectivity index (χ4v) is 2.59. The first-order valence-corrected chi connectivity index (χ1v) is 5.78. The number of thioether (sulfide) groups is 1. The standard InChI is InChI=1S/C11H13NO2S/c1-3-9-11(13)12-8-5-4-7(14-2)6-10(8)15-9/h4-6,9H,3H2,1-2H3,(H,12,13). The van der Waals surface area contributed by atoms with Gasteiger partial charge in [-0.15, -0.1) is 11.8 Å². The number of fused-ring (bicyclic) bond motifs is 1. The second-order valence-corrected chi connectivity index (χ2v) is 4.61. The van der Waals surface area contributed by atoms with E-state index in [-0.39, 0.29) is 11.2 Å². The van der Waals surface area contributed by atoms with Crippen molar-refractivity contribution in [2.75, 3.05) is 12.4 Å². The smallest absolute Gasteiger partial charge is 0.237 e. The molecule has 2 rings (SSSR count). The minimum Gasteiger partial charge on any atom is -0.497 e. The monoisotopic (exact) mass is 223 g/mol. The van der Waals surface area contributed by atoms with Crippen LogP contribution in [0, 0.1) is 0 Å². The van der Waals surface area contributed by atoms with Gasteiger partial charge in [0.15, 0.2) is 0 Å². The molecule has 4 heteroatoms. The molecule has 0 radical (unpaired) electrons. The highest BCUT2D eigenvalue weighted by Gasteiger charge is 2.25. The van der Waals surface area contributed by atoms with Crippen LogP contribution < -0.4 is 10.1 Å². The highest BCUT2D eigenvalue weighted by molar-refractivity contribution is 8.01. The van der Waals surface area contributed by atoms with Crippen molar-refractivity contribution >= 4 is 23.4 Å². The summed E-state index contributed by atoms with van der Waals surface area (Å²) in [6.07, 6.45) is 0.840. The van der Waals surface area contributed by atoms with Gasteiger partial charge in [0.25, 0.3) is 0 Å². The van der Waals surface area contributed by atoms with Gasteiger partial charge < -0.3 is 10.1 Å². The molecule has 0 bridgehead atoms. The van der Waals surface area contributed by atoms with Gasteiger partial charge in [0.2, 0.25) is 5.91 Å². The lowest BCUT2D eigenvalue weighted by Crippen LogP contribution is -2.28. The summed E-state index contributed by atoms with van der Waals surface area (Å²) in [5, 5.41) is 2.92. The van der Waals surface area contributed by atoms with Crippen LogP contribution in [0.25, 0.3) is 0 Å². The maximum Gasteiger partial charge on any atom is 0.237 e. The van der Waals surface area contributed by atoms with Crippen molar-refractivity contribution in [2.24, 2.45) is 0 Å². The van der Waals surface area contributed by atoms with E-state index in [0.717, 1.165) is 22.8 Å². The van der Waals surface area contributed by atoms with Gasteiger partial charge in [0.1, 0.15) is 5.75 Å². The lowest BCUT2D eigenvalue weighted by molar-refractivity contribution is -0.115. The van der Waals surface area contributed by atoms with Gasteiger partial charge in [0.05, 0.1) is 18.0 Å². The Balaban J connectivity index is 2.33. The van der Waals surface area contributed by atoms with E-state index in [1.165, 1.54) is 0 Å². The number of rotatable bonds is 2. The Morgan fingerprint density at radius 3 is 3.00 bits per heavy atom. The minimum atomic E-state index is 0.0182. The summed E-state index contributed by atoms with van der Waals surface area (Å²) in [6.45, 7) is 2.02. The first-order chi connectivity index (χ1) is 7.24. The van der Waals surface area contributed by atoms with Crippen LogP contribution in [-0.4, -0.2) is 18.3 Å². The third-order valence-corrected chi connectivity index (χ3v) is 3.80. The Labute approximate surface area is 93.2 Å². The average molecular weight is 223 g/mol. The first-order valence-electron chi connectivity index (χ1n) is 4.90. The maximum atomic E-state index is 11.6. The van der Waals surface area contributed by atoms with Gasteiger partial charge in [-0.1, -0.05) is 6.92 Å². The lowest BCUT2D eigenvalue weighted by Gasteiger charge is -2.23. The van der Waals surface area contributed by atoms with E-state index in [2.05, 4.69) is 5.32 Å². The molecule has 0 aromatic heterocycles. The van der Waals surface area contributed by atoms with Crippen molar-refractivity contribution in [1.82, 2.24) is 0 Å². The largest absolute Gasteiger partial charge is 0.497 e. The highest BCUT2D eigenvalue weighted by atomic mass is 32.2. The summed E-state index contributed by atoms with van der Waals surface area (Å²) in [4.78, 5) is 12.7. The van der Waals surface area contributed by atoms with E-state index < -0.39 is 0 Å². The number of anilines is 1. The number of carbonyl (C=O) groups excluding carboxylic acids is 1. The third-order valence-electron chi connectivity index (χ3n) is 2.38. The van der Waals surface area contributed by atoms with Crippen LogP contribution >= 0.6 is 11.8 Å². The van der Waals surface area contributed by atoms with Crippen LogP contribution in [0.2, 0.25) is 0 Å². The lowest BCUT2D eigenvalue weighted by atomic mass is 10.2. The molecule has 1 aliphatic rings. The number of hydrogen-bond donors (Lipinski definition) is 1. The Bertz CT molecular complexity index is 392. The molecule has 1 aliphatic heterocycles. The van der Waals surface area contributed by atoms with Crippen molar-refractivity contribution in [3.8, 4) is 5.75 Å². The molecular formula is C11H13NO2S. The molecule has 1 atom stereocenters. The van der Waals surface area contributed by atoms with Gasteiger partial charge in [-0.25, -0.2) is 0 Å². The summed E-state index contributed by atoms with van der Waals surface area (Å²) in [6, 6.07) is 5.69. The maximum absolute atomic E-state index is 11.6. The summed E-state index contributed by atoms with van der Waals surface area (Å²) >= 11 is 1.60. The summed E-state index contributed by atoms with van der Waals surface area (Å²) in [5.41, 5.74) is 0.885. The fourth-order valence-electron chi connectivity index (χ4n) is 1.52. The minimum absolute atomic E-state index is 0.0182. The van der Waals surface area contributed by atoms with Gasteiger partial charge in [0, 0.05) is 4.90 Å². The molecule has 0 fully saturated rings. The van der Waals surface area contributed by atoms with Crippen LogP contribution in [-0.2, 0) is 4.79 Å². The second kappa shape index (κ2) is 4.14. The summed E-state index contributed by atoms with van der Waals surface area (Å²) in [5.74, 6) is 0.924. The molecule has 1 amide bonds. The number of nitrogens with one attached hydrogen (secondary N) is 1. The molecule has 1 N–H and O–H groups in total. The second-order valence-electron chi connectivity index (χ2n) is 3.37. The molecule has 15 heavy (non-hydrogen) atoms. The molecule has 1 aromatic rings. The zero-order valence-corrected chi connectivity index (χ0v) is 9.56. The highest BCUT2D eigenvalue weighted by Crippen LogP contribution is 2.38. The number of ether oxygens (including phenoxy) is 1. The molecule has 0 aliphatic carbocycles. The first kappa shape index (κ1) is 10.4. The Morgan fingerprint density at radius 2 is 2.33 bits per heavy atom. The molecule has 1 aromatic carbocycles. The quantitative estimate of drug-likeness (QED) is 0.837. The number of methoxy groups -OCH3 is 1. The SMILES string of the molecule is CCC1Sc2cc(OC)ccc2NC1=O. The average Bonchev–Trinajstić information content (AvgIpc) is 2.27. The molecular weight excluding hydrogens is 210 g/mol. The fraction of sp³-hybridized carbons (Fsp3) is 0.364. The van der Waals surface area contributed by atoms with Crippen LogP contribution in [0.15, 0.2) is 23.1 Å². The van der Waals surface area contributed by atoms with Crippen molar-refractivity contribution in [1.29, 1.82) is 0 Å². The van der Waals surface area contributed by atoms with Gasteiger partial charge in [-0.3, -0.25) is 4.79 Å². The van der Waals surface area contributed by atoms with E-state index in [4.69, 9.17) is 4.74 Å². The Kier molecular flexibility index (Phi) is 2.86. The molecule has 80 valence electrons. The van der Waals surface area contributed by atoms with Gasteiger partial charge in [-0.05, 0) is 24.6 Å². The van der Waals surface area contributed by atoms with Crippen molar-refractivity contribution in [2.45, 2.75) is 23.5 Å². The molecule has 1 unspecified atom stereocenters. The Hall–Kier alpha value is -1.16. The molecule has 0 spiro atoms. The van der Waals surface area contributed by atoms with E-state index in [1.54, 1.807) is 18.9 Å². The number of hydrogen-bond acceptors (Lipinski definition) is 3. The van der Waals surface area contributed by atoms with E-state index >= 15 is 0 Å². The summed E-state index contributed by atoms with van der Waals surface area (Å²) < 4.78 is 5.15. The number of amides is 1. The molecule has 3 nitrogen and oxygen atoms in total. The van der Waals surface area contributed by atoms with Crippen molar-refractivity contribution in [3.63, 3.8) is 0 Å². The van der Waals surface area contributed by atoms with Crippen molar-refractivity contribution in [3.05, 3.63) is 18.2 Å². The van der Waals surface area contributed by atoms with Crippen LogP contribution in [0.1, 0.15) is 13.3 Å². The third kappa shape index (κ3) is 1.95. The van der Waals surface area contributed by atoms with Gasteiger partial charge >= 0.3 is 0 Å². The zero-order chi connectivity index (χ0) is 10.8. The topological polar surface area (TPSA) is 38.3 Å². The number of carbonyl (C=O) groups is 1.